The average molecular weight is 385 g/mol. The Morgan fingerprint density at radius 1 is 1.07 bits per heavy atom. The molecule has 9 nitrogen and oxygen atoms in total. The standard InChI is InChI=1S/C18H28BN7O2/c19-12-24-7-3-13(4-8-24)25-9-5-14(6-10-25)26-20-11-16(23-26)21-15-1-2-17(27)22-18(15)28/h11,13-15H,1-10,12H2,(H,21,23)(H,22,27,28). The number of imide groups is 1. The van der Waals surface area contributed by atoms with Crippen molar-refractivity contribution >= 4 is 25.5 Å². The Balaban J connectivity index is 1.26. The van der Waals surface area contributed by atoms with E-state index in [1.807, 2.05) is 0 Å². The molecule has 3 fully saturated rings. The van der Waals surface area contributed by atoms with Gasteiger partial charge in [0.15, 0.2) is 5.82 Å². The number of carbonyl (C=O) groups excluding carboxylic acids is 2. The molecule has 1 aromatic rings. The summed E-state index contributed by atoms with van der Waals surface area (Å²) in [4.78, 5) is 29.8. The zero-order valence-electron chi connectivity index (χ0n) is 16.2. The summed E-state index contributed by atoms with van der Waals surface area (Å²) in [5.74, 6) is 0.0815. The number of carbonyl (C=O) groups is 2. The van der Waals surface area contributed by atoms with Crippen LogP contribution in [0.4, 0.5) is 5.82 Å². The molecule has 3 saturated heterocycles. The highest BCUT2D eigenvalue weighted by Gasteiger charge is 2.30. The Bertz CT molecular complexity index is 696. The van der Waals surface area contributed by atoms with Crippen LogP contribution in [0.25, 0.3) is 0 Å². The van der Waals surface area contributed by atoms with Crippen molar-refractivity contribution in [1.82, 2.24) is 30.1 Å². The molecule has 28 heavy (non-hydrogen) atoms. The van der Waals surface area contributed by atoms with E-state index in [0.717, 1.165) is 39.0 Å². The van der Waals surface area contributed by atoms with Gasteiger partial charge in [0.25, 0.3) is 0 Å². The third-order valence-electron chi connectivity index (χ3n) is 6.23. The molecule has 0 saturated carbocycles. The van der Waals surface area contributed by atoms with E-state index in [4.69, 9.17) is 7.85 Å². The first-order valence-corrected chi connectivity index (χ1v) is 10.3. The zero-order chi connectivity index (χ0) is 19.5. The fourth-order valence-corrected chi connectivity index (χ4v) is 4.48. The van der Waals surface area contributed by atoms with E-state index in [-0.39, 0.29) is 17.9 Å². The largest absolute Gasteiger partial charge is 0.356 e. The van der Waals surface area contributed by atoms with Crippen molar-refractivity contribution in [2.75, 3.05) is 37.9 Å². The number of piperidine rings is 3. The first-order chi connectivity index (χ1) is 13.6. The van der Waals surface area contributed by atoms with Crippen LogP contribution in [0.3, 0.4) is 0 Å². The Hall–Kier alpha value is -1.94. The van der Waals surface area contributed by atoms with Gasteiger partial charge in [-0.05, 0) is 51.6 Å². The van der Waals surface area contributed by atoms with E-state index in [0.29, 0.717) is 31.1 Å². The summed E-state index contributed by atoms with van der Waals surface area (Å²) in [6.07, 6.45) is 7.61. The van der Waals surface area contributed by atoms with Crippen LogP contribution in [-0.4, -0.2) is 89.2 Å². The summed E-state index contributed by atoms with van der Waals surface area (Å²) in [6, 6.07) is 0.529. The second kappa shape index (κ2) is 8.61. The molecule has 1 aromatic heterocycles. The minimum atomic E-state index is -0.427. The predicted molar refractivity (Wildman–Crippen MR) is 105 cm³/mol. The van der Waals surface area contributed by atoms with E-state index in [9.17, 15) is 9.59 Å². The highest BCUT2D eigenvalue weighted by Crippen LogP contribution is 2.26. The molecule has 0 spiro atoms. The van der Waals surface area contributed by atoms with E-state index in [2.05, 4.69) is 30.6 Å². The molecule has 1 atom stereocenters. The molecule has 0 bridgehead atoms. The number of anilines is 1. The first kappa shape index (κ1) is 19.4. The molecule has 3 aliphatic rings. The normalized spacial score (nSPS) is 26.4. The molecule has 2 amide bonds. The number of nitrogens with zero attached hydrogens (tertiary/aromatic N) is 5. The maximum Gasteiger partial charge on any atom is 0.249 e. The number of aromatic nitrogens is 3. The van der Waals surface area contributed by atoms with Gasteiger partial charge in [-0.3, -0.25) is 14.9 Å². The topological polar surface area (TPSA) is 95.4 Å². The number of hydrogen-bond acceptors (Lipinski definition) is 7. The smallest absolute Gasteiger partial charge is 0.249 e. The molecule has 10 heteroatoms. The quantitative estimate of drug-likeness (QED) is 0.532. The van der Waals surface area contributed by atoms with E-state index in [1.54, 1.807) is 11.0 Å². The van der Waals surface area contributed by atoms with Crippen molar-refractivity contribution in [3.05, 3.63) is 6.20 Å². The van der Waals surface area contributed by atoms with Gasteiger partial charge in [0.05, 0.1) is 20.1 Å². The van der Waals surface area contributed by atoms with E-state index >= 15 is 0 Å². The molecule has 2 N–H and O–H groups in total. The Morgan fingerprint density at radius 2 is 1.79 bits per heavy atom. The molecule has 3 aliphatic heterocycles. The average Bonchev–Trinajstić information content (AvgIpc) is 3.19. The molecule has 150 valence electrons. The summed E-state index contributed by atoms with van der Waals surface area (Å²) in [7, 11) is 5.74. The summed E-state index contributed by atoms with van der Waals surface area (Å²) in [6.45, 7) is 4.32. The number of amides is 2. The minimum Gasteiger partial charge on any atom is -0.356 e. The van der Waals surface area contributed by atoms with Gasteiger partial charge < -0.3 is 15.1 Å². The van der Waals surface area contributed by atoms with Gasteiger partial charge in [0, 0.05) is 25.6 Å². The third-order valence-corrected chi connectivity index (χ3v) is 6.23. The van der Waals surface area contributed by atoms with Gasteiger partial charge in [-0.25, -0.2) is 0 Å². The lowest BCUT2D eigenvalue weighted by atomic mass is 9.97. The maximum absolute atomic E-state index is 11.9. The van der Waals surface area contributed by atoms with Crippen molar-refractivity contribution < 1.29 is 9.59 Å². The zero-order valence-corrected chi connectivity index (χ0v) is 16.2. The van der Waals surface area contributed by atoms with Gasteiger partial charge in [0.2, 0.25) is 11.8 Å². The molecular formula is C18H28BN7O2. The van der Waals surface area contributed by atoms with Gasteiger partial charge in [-0.15, -0.1) is 5.10 Å². The molecule has 1 unspecified atom stereocenters. The van der Waals surface area contributed by atoms with Crippen molar-refractivity contribution in [2.24, 2.45) is 0 Å². The van der Waals surface area contributed by atoms with Crippen LogP contribution in [0.5, 0.6) is 0 Å². The number of hydrogen-bond donors (Lipinski definition) is 2. The Morgan fingerprint density at radius 3 is 2.46 bits per heavy atom. The monoisotopic (exact) mass is 385 g/mol. The molecule has 0 aliphatic carbocycles. The number of likely N-dealkylation sites (tertiary alicyclic amines) is 2. The van der Waals surface area contributed by atoms with Gasteiger partial charge in [-0.1, -0.05) is 0 Å². The lowest BCUT2D eigenvalue weighted by Gasteiger charge is -2.41. The maximum atomic E-state index is 11.9. The number of rotatable bonds is 5. The number of nitrogens with one attached hydrogen (secondary N) is 2. The van der Waals surface area contributed by atoms with Crippen molar-refractivity contribution in [1.29, 1.82) is 0 Å². The van der Waals surface area contributed by atoms with Crippen LogP contribution in [0.15, 0.2) is 6.20 Å². The van der Waals surface area contributed by atoms with Gasteiger partial charge >= 0.3 is 0 Å². The summed E-state index contributed by atoms with van der Waals surface area (Å²) in [5.41, 5.74) is 0. The SMILES string of the molecule is [B]CN1CCC(N2CCC(n3ncc(NC4CCC(=O)NC4=O)n3)CC2)CC1. The van der Waals surface area contributed by atoms with Crippen molar-refractivity contribution in [3.63, 3.8) is 0 Å². The van der Waals surface area contributed by atoms with Crippen molar-refractivity contribution in [2.45, 2.75) is 56.7 Å². The molecular weight excluding hydrogens is 357 g/mol. The summed E-state index contributed by atoms with van der Waals surface area (Å²) >= 11 is 0. The highest BCUT2D eigenvalue weighted by molar-refractivity contribution is 6.08. The van der Waals surface area contributed by atoms with Crippen LogP contribution < -0.4 is 10.6 Å². The van der Waals surface area contributed by atoms with Gasteiger partial charge in [-0.2, -0.15) is 9.90 Å². The molecule has 4 heterocycles. The first-order valence-electron chi connectivity index (χ1n) is 10.3. The second-order valence-electron chi connectivity index (χ2n) is 8.00. The van der Waals surface area contributed by atoms with Crippen LogP contribution in [0.1, 0.15) is 44.6 Å². The lowest BCUT2D eigenvalue weighted by molar-refractivity contribution is -0.133. The second-order valence-corrected chi connectivity index (χ2v) is 8.00. The molecule has 4 rings (SSSR count). The Labute approximate surface area is 166 Å². The van der Waals surface area contributed by atoms with Crippen LogP contribution in [-0.2, 0) is 9.59 Å². The van der Waals surface area contributed by atoms with Crippen LogP contribution >= 0.6 is 0 Å². The highest BCUT2D eigenvalue weighted by atomic mass is 16.2. The van der Waals surface area contributed by atoms with Crippen LogP contribution in [0, 0.1) is 0 Å². The summed E-state index contributed by atoms with van der Waals surface area (Å²) < 4.78 is 0. The van der Waals surface area contributed by atoms with E-state index in [1.165, 1.54) is 12.8 Å². The third kappa shape index (κ3) is 4.38. The Kier molecular flexibility index (Phi) is 5.96. The fraction of sp³-hybridized carbons (Fsp3) is 0.778. The van der Waals surface area contributed by atoms with Gasteiger partial charge in [0.1, 0.15) is 6.04 Å². The van der Waals surface area contributed by atoms with Crippen LogP contribution in [0.2, 0.25) is 0 Å². The molecule has 2 radical (unpaired) electrons. The fourth-order valence-electron chi connectivity index (χ4n) is 4.48. The van der Waals surface area contributed by atoms with Crippen molar-refractivity contribution in [3.8, 4) is 0 Å². The summed E-state index contributed by atoms with van der Waals surface area (Å²) in [5, 5.41) is 14.4. The lowest BCUT2D eigenvalue weighted by Crippen LogP contribution is -2.48. The molecule has 0 aromatic carbocycles. The minimum absolute atomic E-state index is 0.216. The predicted octanol–water partition coefficient (Wildman–Crippen LogP) is -0.277. The van der Waals surface area contributed by atoms with E-state index < -0.39 is 6.04 Å².